The maximum atomic E-state index is 11.8. The molecule has 0 aliphatic rings. The Morgan fingerprint density at radius 2 is 2.30 bits per heavy atom. The van der Waals surface area contributed by atoms with Crippen LogP contribution in [0.3, 0.4) is 0 Å². The van der Waals surface area contributed by atoms with E-state index >= 15 is 0 Å². The van der Waals surface area contributed by atoms with Crippen LogP contribution in [-0.2, 0) is 22.1 Å². The molecule has 2 aromatic rings. The summed E-state index contributed by atoms with van der Waals surface area (Å²) in [6, 6.07) is 6.93. The van der Waals surface area contributed by atoms with E-state index in [0.717, 1.165) is 0 Å². The first-order valence-corrected chi connectivity index (χ1v) is 7.76. The zero-order valence-corrected chi connectivity index (χ0v) is 12.3. The molecule has 6 nitrogen and oxygen atoms in total. The molecule has 1 heterocycles. The number of carbonyl (C=O) groups is 1. The fraction of sp³-hybridized carbons (Fsp3) is 0.250. The van der Waals surface area contributed by atoms with Crippen molar-refractivity contribution in [2.75, 3.05) is 11.6 Å². The lowest BCUT2D eigenvalue weighted by Crippen LogP contribution is -2.14. The number of nitrogens with zero attached hydrogens (tertiary/aromatic N) is 3. The lowest BCUT2D eigenvalue weighted by atomic mass is 10.3. The Morgan fingerprint density at radius 3 is 2.95 bits per heavy atom. The Morgan fingerprint density at radius 1 is 1.50 bits per heavy atom. The molecule has 0 fully saturated rings. The van der Waals surface area contributed by atoms with Crippen LogP contribution in [0.15, 0.2) is 35.7 Å². The molecule has 8 heteroatoms. The topological polar surface area (TPSA) is 76.9 Å². The number of aromatic nitrogens is 3. The summed E-state index contributed by atoms with van der Waals surface area (Å²) in [4.78, 5) is 15.7. The van der Waals surface area contributed by atoms with E-state index in [0.29, 0.717) is 17.3 Å². The summed E-state index contributed by atoms with van der Waals surface area (Å²) in [6.07, 6.45) is 3.21. The maximum Gasteiger partial charge on any atom is 0.238 e. The first-order chi connectivity index (χ1) is 9.54. The van der Waals surface area contributed by atoms with E-state index in [1.807, 2.05) is 0 Å². The number of hydrogen-bond acceptors (Lipinski definition) is 4. The molecule has 1 aromatic carbocycles. The fourth-order valence-electron chi connectivity index (χ4n) is 1.52. The van der Waals surface area contributed by atoms with Crippen LogP contribution in [0.1, 0.15) is 6.42 Å². The zero-order valence-electron chi connectivity index (χ0n) is 10.7. The van der Waals surface area contributed by atoms with E-state index in [-0.39, 0.29) is 17.5 Å². The molecule has 1 atom stereocenters. The third kappa shape index (κ3) is 4.14. The Balaban J connectivity index is 1.87. The van der Waals surface area contributed by atoms with Crippen LogP contribution in [-0.4, -0.2) is 31.1 Å². The standard InChI is InChI=1S/C12H13ClN4O2S/c1-20(19)12-14-8-17(16-12)6-5-11(18)15-10-4-2-3-9(13)7-10/h2-4,7-8H,5-6H2,1H3,(H,15,18). The van der Waals surface area contributed by atoms with Gasteiger partial charge >= 0.3 is 0 Å². The molecule has 0 saturated carbocycles. The van der Waals surface area contributed by atoms with Crippen molar-refractivity contribution in [3.05, 3.63) is 35.6 Å². The van der Waals surface area contributed by atoms with Crippen LogP contribution in [0.5, 0.6) is 0 Å². The second-order valence-electron chi connectivity index (χ2n) is 4.05. The molecule has 1 aromatic heterocycles. The summed E-state index contributed by atoms with van der Waals surface area (Å²) in [5, 5.41) is 7.57. The van der Waals surface area contributed by atoms with E-state index in [4.69, 9.17) is 11.6 Å². The van der Waals surface area contributed by atoms with Crippen molar-refractivity contribution < 1.29 is 9.00 Å². The van der Waals surface area contributed by atoms with Crippen molar-refractivity contribution in [3.63, 3.8) is 0 Å². The van der Waals surface area contributed by atoms with Crippen molar-refractivity contribution in [1.29, 1.82) is 0 Å². The van der Waals surface area contributed by atoms with Crippen LogP contribution in [0.4, 0.5) is 5.69 Å². The predicted octanol–water partition coefficient (Wildman–Crippen LogP) is 1.70. The lowest BCUT2D eigenvalue weighted by Gasteiger charge is -2.05. The second kappa shape index (κ2) is 6.62. The number of halogens is 1. The Hall–Kier alpha value is -1.73. The summed E-state index contributed by atoms with van der Waals surface area (Å²) in [5.74, 6) is -0.151. The smallest absolute Gasteiger partial charge is 0.238 e. The minimum atomic E-state index is -1.21. The van der Waals surface area contributed by atoms with Crippen molar-refractivity contribution in [2.24, 2.45) is 0 Å². The number of rotatable bonds is 5. The number of carbonyl (C=O) groups excluding carboxylic acids is 1. The normalized spacial score (nSPS) is 12.1. The number of anilines is 1. The van der Waals surface area contributed by atoms with Gasteiger partial charge in [-0.1, -0.05) is 17.7 Å². The van der Waals surface area contributed by atoms with E-state index < -0.39 is 10.8 Å². The molecule has 0 aliphatic heterocycles. The van der Waals surface area contributed by atoms with E-state index in [9.17, 15) is 9.00 Å². The van der Waals surface area contributed by atoms with Gasteiger partial charge in [0.15, 0.2) is 0 Å². The monoisotopic (exact) mass is 312 g/mol. The second-order valence-corrected chi connectivity index (χ2v) is 5.76. The molecule has 0 saturated heterocycles. The predicted molar refractivity (Wildman–Crippen MR) is 77.1 cm³/mol. The average Bonchev–Trinajstić information content (AvgIpc) is 2.85. The number of hydrogen-bond donors (Lipinski definition) is 1. The Kier molecular flexibility index (Phi) is 4.86. The Bertz CT molecular complexity index is 644. The van der Waals surface area contributed by atoms with Gasteiger partial charge in [-0.25, -0.2) is 4.98 Å². The van der Waals surface area contributed by atoms with Gasteiger partial charge in [-0.05, 0) is 18.2 Å². The van der Waals surface area contributed by atoms with E-state index in [1.165, 1.54) is 17.3 Å². The molecule has 0 radical (unpaired) electrons. The van der Waals surface area contributed by atoms with Gasteiger partial charge in [-0.2, -0.15) is 0 Å². The highest BCUT2D eigenvalue weighted by molar-refractivity contribution is 7.84. The van der Waals surface area contributed by atoms with Gasteiger partial charge in [-0.15, -0.1) is 5.10 Å². The van der Waals surface area contributed by atoms with Crippen LogP contribution < -0.4 is 5.32 Å². The summed E-state index contributed by atoms with van der Waals surface area (Å²) in [7, 11) is -1.21. The number of nitrogens with one attached hydrogen (secondary N) is 1. The van der Waals surface area contributed by atoms with Gasteiger partial charge in [0.1, 0.15) is 6.33 Å². The number of benzene rings is 1. The molecule has 1 N–H and O–H groups in total. The molecule has 0 spiro atoms. The van der Waals surface area contributed by atoms with E-state index in [2.05, 4.69) is 15.4 Å². The van der Waals surface area contributed by atoms with Gasteiger partial charge in [0.2, 0.25) is 11.1 Å². The van der Waals surface area contributed by atoms with Crippen LogP contribution in [0, 0.1) is 0 Å². The molecule has 0 bridgehead atoms. The number of amides is 1. The Labute approximate surface area is 123 Å². The van der Waals surface area contributed by atoms with E-state index in [1.54, 1.807) is 24.3 Å². The average molecular weight is 313 g/mol. The highest BCUT2D eigenvalue weighted by Crippen LogP contribution is 2.15. The fourth-order valence-corrected chi connectivity index (χ4v) is 2.13. The van der Waals surface area contributed by atoms with Gasteiger partial charge in [-0.3, -0.25) is 13.7 Å². The minimum absolute atomic E-state index is 0.151. The SMILES string of the molecule is CS(=O)c1ncn(CCC(=O)Nc2cccc(Cl)c2)n1. The summed E-state index contributed by atoms with van der Waals surface area (Å²) in [5.41, 5.74) is 0.649. The van der Waals surface area contributed by atoms with Gasteiger partial charge in [0, 0.05) is 23.4 Å². The maximum absolute atomic E-state index is 11.8. The molecule has 20 heavy (non-hydrogen) atoms. The van der Waals surface area contributed by atoms with Gasteiger partial charge < -0.3 is 5.32 Å². The minimum Gasteiger partial charge on any atom is -0.326 e. The summed E-state index contributed by atoms with van der Waals surface area (Å²) in [6.45, 7) is 0.372. The lowest BCUT2D eigenvalue weighted by molar-refractivity contribution is -0.116. The molecule has 1 unspecified atom stereocenters. The van der Waals surface area contributed by atoms with Crippen molar-refractivity contribution >= 4 is 34.0 Å². The third-order valence-corrected chi connectivity index (χ3v) is 3.39. The largest absolute Gasteiger partial charge is 0.326 e. The van der Waals surface area contributed by atoms with Crippen molar-refractivity contribution in [3.8, 4) is 0 Å². The molecule has 1 amide bonds. The van der Waals surface area contributed by atoms with Gasteiger partial charge in [0.05, 0.1) is 17.3 Å². The first kappa shape index (κ1) is 14.7. The molecule has 2 rings (SSSR count). The third-order valence-electron chi connectivity index (χ3n) is 2.45. The quantitative estimate of drug-likeness (QED) is 0.911. The molecular weight excluding hydrogens is 300 g/mol. The summed E-state index contributed by atoms with van der Waals surface area (Å²) >= 11 is 5.83. The molecular formula is C12H13ClN4O2S. The zero-order chi connectivity index (χ0) is 14.5. The van der Waals surface area contributed by atoms with Crippen LogP contribution >= 0.6 is 11.6 Å². The van der Waals surface area contributed by atoms with Crippen LogP contribution in [0.25, 0.3) is 0 Å². The van der Waals surface area contributed by atoms with Gasteiger partial charge in [0.25, 0.3) is 0 Å². The highest BCUT2D eigenvalue weighted by atomic mass is 35.5. The highest BCUT2D eigenvalue weighted by Gasteiger charge is 2.07. The molecule has 106 valence electrons. The van der Waals surface area contributed by atoms with Crippen molar-refractivity contribution in [2.45, 2.75) is 18.1 Å². The first-order valence-electron chi connectivity index (χ1n) is 5.83. The summed E-state index contributed by atoms with van der Waals surface area (Å²) < 4.78 is 12.6. The van der Waals surface area contributed by atoms with Crippen molar-refractivity contribution in [1.82, 2.24) is 14.8 Å². The molecule has 0 aliphatic carbocycles. The van der Waals surface area contributed by atoms with Crippen LogP contribution in [0.2, 0.25) is 5.02 Å². The number of aryl methyl sites for hydroxylation is 1.